The minimum atomic E-state index is -0.567. The van der Waals surface area contributed by atoms with E-state index < -0.39 is 6.10 Å². The molecule has 0 aliphatic carbocycles. The molecule has 1 aromatic rings. The van der Waals surface area contributed by atoms with Gasteiger partial charge in [0.05, 0.1) is 13.2 Å². The molecule has 1 aliphatic rings. The Labute approximate surface area is 120 Å². The van der Waals surface area contributed by atoms with E-state index in [9.17, 15) is 5.11 Å². The molecule has 20 heavy (non-hydrogen) atoms. The number of aliphatic hydroxyl groups is 1. The van der Waals surface area contributed by atoms with E-state index in [1.165, 1.54) is 12.8 Å². The van der Waals surface area contributed by atoms with Crippen LogP contribution < -0.4 is 9.47 Å². The summed E-state index contributed by atoms with van der Waals surface area (Å²) in [4.78, 5) is 2.28. The van der Waals surface area contributed by atoms with Crippen LogP contribution >= 0.6 is 0 Å². The number of likely N-dealkylation sites (tertiary alicyclic amines) is 1. The van der Waals surface area contributed by atoms with Crippen LogP contribution in [-0.4, -0.2) is 43.4 Å². The van der Waals surface area contributed by atoms with Gasteiger partial charge in [-0.2, -0.15) is 0 Å². The van der Waals surface area contributed by atoms with Crippen LogP contribution in [0.5, 0.6) is 11.5 Å². The number of benzene rings is 1. The van der Waals surface area contributed by atoms with Crippen LogP contribution in [0.4, 0.5) is 0 Å². The summed E-state index contributed by atoms with van der Waals surface area (Å²) in [5.41, 5.74) is 0.776. The maximum Gasteiger partial charge on any atom is 0.167 e. The smallest absolute Gasteiger partial charge is 0.167 e. The van der Waals surface area contributed by atoms with Gasteiger partial charge in [0, 0.05) is 12.1 Å². The van der Waals surface area contributed by atoms with Crippen LogP contribution in [0.15, 0.2) is 30.9 Å². The molecule has 0 radical (unpaired) electrons. The molecule has 1 atom stereocenters. The van der Waals surface area contributed by atoms with Crippen LogP contribution in [0.3, 0.4) is 0 Å². The maximum absolute atomic E-state index is 10.5. The molecule has 0 amide bonds. The Balaban J connectivity index is 2.16. The molecule has 0 saturated carbocycles. The Hall–Kier alpha value is -1.52. The van der Waals surface area contributed by atoms with Gasteiger partial charge < -0.3 is 19.5 Å². The fraction of sp³-hybridized carbons (Fsp3) is 0.500. The third-order valence-corrected chi connectivity index (χ3v) is 3.56. The fourth-order valence-electron chi connectivity index (χ4n) is 2.56. The molecule has 1 aromatic carbocycles. The zero-order valence-corrected chi connectivity index (χ0v) is 12.0. The van der Waals surface area contributed by atoms with Crippen molar-refractivity contribution in [3.8, 4) is 11.5 Å². The first-order valence-electron chi connectivity index (χ1n) is 7.07. The highest BCUT2D eigenvalue weighted by molar-refractivity contribution is 5.47. The van der Waals surface area contributed by atoms with Crippen molar-refractivity contribution in [2.75, 3.05) is 33.4 Å². The number of ether oxygens (including phenoxy) is 2. The van der Waals surface area contributed by atoms with Crippen LogP contribution in [0.1, 0.15) is 24.5 Å². The first-order chi connectivity index (χ1) is 9.76. The summed E-state index contributed by atoms with van der Waals surface area (Å²) < 4.78 is 11.0. The number of aliphatic hydroxyl groups excluding tert-OH is 1. The molecule has 1 N–H and O–H groups in total. The molecular weight excluding hydrogens is 254 g/mol. The highest BCUT2D eigenvalue weighted by atomic mass is 16.5. The van der Waals surface area contributed by atoms with E-state index in [1.807, 2.05) is 18.2 Å². The summed E-state index contributed by atoms with van der Waals surface area (Å²) in [5.74, 6) is 1.26. The summed E-state index contributed by atoms with van der Waals surface area (Å²) in [6.07, 6.45) is 3.54. The van der Waals surface area contributed by atoms with Gasteiger partial charge in [0.25, 0.3) is 0 Å². The van der Waals surface area contributed by atoms with Crippen molar-refractivity contribution in [2.45, 2.75) is 18.9 Å². The van der Waals surface area contributed by atoms with Crippen LogP contribution in [-0.2, 0) is 0 Å². The van der Waals surface area contributed by atoms with E-state index >= 15 is 0 Å². The molecule has 1 unspecified atom stereocenters. The Bertz CT molecular complexity index is 441. The molecule has 110 valence electrons. The lowest BCUT2D eigenvalue weighted by molar-refractivity contribution is 0.122. The van der Waals surface area contributed by atoms with Crippen LogP contribution in [0.25, 0.3) is 0 Å². The van der Waals surface area contributed by atoms with Crippen molar-refractivity contribution < 1.29 is 14.6 Å². The standard InChI is InChI=1S/C16H23NO3/c1-3-11-20-16-13(7-6-8-15(16)19-2)14(18)12-17-9-4-5-10-17/h3,6-8,14,18H,1,4-5,9-12H2,2H3. The van der Waals surface area contributed by atoms with Crippen molar-refractivity contribution in [1.82, 2.24) is 4.90 Å². The number of hydrogen-bond donors (Lipinski definition) is 1. The van der Waals surface area contributed by atoms with E-state index in [2.05, 4.69) is 11.5 Å². The Kier molecular flexibility index (Phi) is 5.44. The SMILES string of the molecule is C=CCOc1c(OC)cccc1C(O)CN1CCCC1. The summed E-state index contributed by atoms with van der Waals surface area (Å²) in [6.45, 7) is 6.80. The second-order valence-electron chi connectivity index (χ2n) is 5.00. The van der Waals surface area contributed by atoms with Gasteiger partial charge in [0.15, 0.2) is 11.5 Å². The van der Waals surface area contributed by atoms with Gasteiger partial charge in [-0.05, 0) is 32.0 Å². The number of rotatable bonds is 7. The molecule has 4 heteroatoms. The van der Waals surface area contributed by atoms with Gasteiger partial charge in [0.2, 0.25) is 0 Å². The monoisotopic (exact) mass is 277 g/mol. The molecule has 0 bridgehead atoms. The van der Waals surface area contributed by atoms with Crippen LogP contribution in [0.2, 0.25) is 0 Å². The predicted molar refractivity (Wildman–Crippen MR) is 79.3 cm³/mol. The lowest BCUT2D eigenvalue weighted by Crippen LogP contribution is -2.25. The van der Waals surface area contributed by atoms with E-state index in [1.54, 1.807) is 13.2 Å². The highest BCUT2D eigenvalue weighted by Gasteiger charge is 2.21. The highest BCUT2D eigenvalue weighted by Crippen LogP contribution is 2.35. The van der Waals surface area contributed by atoms with Crippen molar-refractivity contribution in [3.63, 3.8) is 0 Å². The number of nitrogens with zero attached hydrogens (tertiary/aromatic N) is 1. The van der Waals surface area contributed by atoms with E-state index in [0.29, 0.717) is 24.7 Å². The van der Waals surface area contributed by atoms with Crippen molar-refractivity contribution >= 4 is 0 Å². The number of para-hydroxylation sites is 1. The summed E-state index contributed by atoms with van der Waals surface area (Å²) >= 11 is 0. The minimum absolute atomic E-state index is 0.393. The van der Waals surface area contributed by atoms with E-state index in [4.69, 9.17) is 9.47 Å². The lowest BCUT2D eigenvalue weighted by atomic mass is 10.1. The Morgan fingerprint density at radius 2 is 2.15 bits per heavy atom. The molecule has 0 aromatic heterocycles. The first kappa shape index (κ1) is 14.9. The third kappa shape index (κ3) is 3.52. The average Bonchev–Trinajstić information content (AvgIpc) is 2.97. The zero-order valence-electron chi connectivity index (χ0n) is 12.0. The summed E-state index contributed by atoms with van der Waals surface area (Å²) in [5, 5.41) is 10.5. The maximum atomic E-state index is 10.5. The Morgan fingerprint density at radius 3 is 2.80 bits per heavy atom. The quantitative estimate of drug-likeness (QED) is 0.777. The molecule has 1 saturated heterocycles. The predicted octanol–water partition coefficient (Wildman–Crippen LogP) is 2.39. The largest absolute Gasteiger partial charge is 0.493 e. The zero-order chi connectivity index (χ0) is 14.4. The van der Waals surface area contributed by atoms with Gasteiger partial charge in [-0.3, -0.25) is 0 Å². The number of hydrogen-bond acceptors (Lipinski definition) is 4. The summed E-state index contributed by atoms with van der Waals surface area (Å²) in [7, 11) is 1.60. The minimum Gasteiger partial charge on any atom is -0.493 e. The number of β-amino-alcohol motifs (C(OH)–C–C–N with tert-alkyl or cyclic N) is 1. The molecule has 1 heterocycles. The molecule has 0 spiro atoms. The molecule has 2 rings (SSSR count). The van der Waals surface area contributed by atoms with Gasteiger partial charge in [-0.15, -0.1) is 0 Å². The topological polar surface area (TPSA) is 41.9 Å². The van der Waals surface area contributed by atoms with Gasteiger partial charge in [0.1, 0.15) is 6.61 Å². The molecular formula is C16H23NO3. The average molecular weight is 277 g/mol. The number of methoxy groups -OCH3 is 1. The summed E-state index contributed by atoms with van der Waals surface area (Å²) in [6, 6.07) is 5.61. The third-order valence-electron chi connectivity index (χ3n) is 3.56. The molecule has 4 nitrogen and oxygen atoms in total. The van der Waals surface area contributed by atoms with Crippen molar-refractivity contribution in [2.24, 2.45) is 0 Å². The first-order valence-corrected chi connectivity index (χ1v) is 7.07. The molecule has 1 aliphatic heterocycles. The second-order valence-corrected chi connectivity index (χ2v) is 5.00. The second kappa shape index (κ2) is 7.31. The van der Waals surface area contributed by atoms with Gasteiger partial charge in [-0.25, -0.2) is 0 Å². The van der Waals surface area contributed by atoms with Crippen molar-refractivity contribution in [1.29, 1.82) is 0 Å². The van der Waals surface area contributed by atoms with E-state index in [0.717, 1.165) is 18.7 Å². The van der Waals surface area contributed by atoms with Crippen molar-refractivity contribution in [3.05, 3.63) is 36.4 Å². The molecule has 1 fully saturated rings. The van der Waals surface area contributed by atoms with E-state index in [-0.39, 0.29) is 0 Å². The normalized spacial score (nSPS) is 16.9. The Morgan fingerprint density at radius 1 is 1.40 bits per heavy atom. The van der Waals surface area contributed by atoms with Crippen LogP contribution in [0, 0.1) is 0 Å². The van der Waals surface area contributed by atoms with Gasteiger partial charge in [-0.1, -0.05) is 24.8 Å². The fourth-order valence-corrected chi connectivity index (χ4v) is 2.56. The lowest BCUT2D eigenvalue weighted by Gasteiger charge is -2.22. The van der Waals surface area contributed by atoms with Gasteiger partial charge >= 0.3 is 0 Å².